The van der Waals surface area contributed by atoms with E-state index in [1.165, 1.54) is 23.5 Å². The largest absolute Gasteiger partial charge is 0.353 e. The molecule has 7 nitrogen and oxygen atoms in total. The van der Waals surface area contributed by atoms with Crippen LogP contribution in [0, 0.1) is 5.82 Å². The molecular formula is C18H15FN6OS. The number of hydrogen-bond acceptors (Lipinski definition) is 6. The monoisotopic (exact) mass is 382 g/mol. The second-order valence-corrected chi connectivity index (χ2v) is 7.61. The van der Waals surface area contributed by atoms with Crippen LogP contribution in [0.5, 0.6) is 0 Å². The Labute approximate surface area is 157 Å². The first kappa shape index (κ1) is 16.1. The number of anilines is 1. The molecule has 0 aliphatic carbocycles. The quantitative estimate of drug-likeness (QED) is 0.589. The molecule has 5 rings (SSSR count). The first-order chi connectivity index (χ1) is 13.2. The van der Waals surface area contributed by atoms with Crippen molar-refractivity contribution in [3.8, 4) is 0 Å². The zero-order chi connectivity index (χ0) is 18.4. The van der Waals surface area contributed by atoms with Gasteiger partial charge in [-0.15, -0.1) is 26.6 Å². The minimum absolute atomic E-state index is 0.0397. The molecule has 3 aromatic heterocycles. The molecule has 0 unspecified atom stereocenters. The fraction of sp³-hybridized carbons (Fsp3) is 0.222. The lowest BCUT2D eigenvalue weighted by Gasteiger charge is -2.17. The van der Waals surface area contributed by atoms with E-state index >= 15 is 0 Å². The normalized spacial score (nSPS) is 17.1. The van der Waals surface area contributed by atoms with Gasteiger partial charge in [-0.2, -0.15) is 4.52 Å². The molecule has 136 valence electrons. The third kappa shape index (κ3) is 2.99. The molecule has 0 spiro atoms. The van der Waals surface area contributed by atoms with Gasteiger partial charge in [-0.1, -0.05) is 0 Å². The summed E-state index contributed by atoms with van der Waals surface area (Å²) in [5.74, 6) is 0.415. The van der Waals surface area contributed by atoms with E-state index in [1.807, 2.05) is 12.1 Å². The van der Waals surface area contributed by atoms with E-state index in [4.69, 9.17) is 0 Å². The number of thiophene rings is 1. The van der Waals surface area contributed by atoms with Crippen molar-refractivity contribution in [3.05, 3.63) is 53.4 Å². The highest BCUT2D eigenvalue weighted by Crippen LogP contribution is 2.27. The summed E-state index contributed by atoms with van der Waals surface area (Å²) in [4.78, 5) is 15.3. The second-order valence-electron chi connectivity index (χ2n) is 6.52. The summed E-state index contributed by atoms with van der Waals surface area (Å²) in [7, 11) is 0. The van der Waals surface area contributed by atoms with E-state index in [2.05, 4.69) is 25.5 Å². The number of carbonyl (C=O) groups is 1. The first-order valence-electron chi connectivity index (χ1n) is 8.58. The van der Waals surface area contributed by atoms with E-state index in [9.17, 15) is 9.18 Å². The lowest BCUT2D eigenvalue weighted by atomic mass is 10.2. The number of halogens is 1. The van der Waals surface area contributed by atoms with E-state index in [-0.39, 0.29) is 17.8 Å². The summed E-state index contributed by atoms with van der Waals surface area (Å²) >= 11 is 1.38. The van der Waals surface area contributed by atoms with Gasteiger partial charge in [-0.25, -0.2) is 4.39 Å². The van der Waals surface area contributed by atoms with Gasteiger partial charge in [0.05, 0.1) is 4.88 Å². The van der Waals surface area contributed by atoms with Crippen molar-refractivity contribution < 1.29 is 9.18 Å². The Bertz CT molecular complexity index is 1160. The molecule has 4 aromatic rings. The van der Waals surface area contributed by atoms with Crippen LogP contribution in [0.1, 0.15) is 16.1 Å². The summed E-state index contributed by atoms with van der Waals surface area (Å²) < 4.78 is 15.9. The molecule has 27 heavy (non-hydrogen) atoms. The number of nitrogens with zero attached hydrogens (tertiary/aromatic N) is 5. The number of fused-ring (bicyclic) bond motifs is 2. The molecule has 1 atom stereocenters. The van der Waals surface area contributed by atoms with Crippen molar-refractivity contribution in [1.29, 1.82) is 0 Å². The maximum absolute atomic E-state index is 13.3. The number of amides is 1. The van der Waals surface area contributed by atoms with Gasteiger partial charge < -0.3 is 10.2 Å². The van der Waals surface area contributed by atoms with E-state index in [0.717, 1.165) is 28.9 Å². The average molecular weight is 382 g/mol. The number of nitrogens with one attached hydrogen (secondary N) is 1. The van der Waals surface area contributed by atoms with E-state index in [0.29, 0.717) is 17.1 Å². The Morgan fingerprint density at radius 2 is 2.19 bits per heavy atom. The maximum Gasteiger partial charge on any atom is 0.261 e. The molecule has 4 heterocycles. The molecule has 1 aliphatic heterocycles. The zero-order valence-corrected chi connectivity index (χ0v) is 15.0. The summed E-state index contributed by atoms with van der Waals surface area (Å²) in [5.41, 5.74) is 0.698. The first-order valence-corrected chi connectivity index (χ1v) is 9.39. The topological polar surface area (TPSA) is 75.4 Å². The minimum atomic E-state index is -0.295. The second kappa shape index (κ2) is 6.27. The summed E-state index contributed by atoms with van der Waals surface area (Å²) in [6, 6.07) is 10.1. The smallest absolute Gasteiger partial charge is 0.261 e. The van der Waals surface area contributed by atoms with Crippen LogP contribution in [0.15, 0.2) is 42.7 Å². The number of hydrogen-bond donors (Lipinski definition) is 1. The Morgan fingerprint density at radius 1 is 1.26 bits per heavy atom. The highest BCUT2D eigenvalue weighted by atomic mass is 32.1. The summed E-state index contributed by atoms with van der Waals surface area (Å²) in [6.45, 7) is 1.50. The van der Waals surface area contributed by atoms with Crippen molar-refractivity contribution in [2.75, 3.05) is 18.0 Å². The van der Waals surface area contributed by atoms with Crippen LogP contribution in [0.2, 0.25) is 0 Å². The zero-order valence-electron chi connectivity index (χ0n) is 14.2. The summed E-state index contributed by atoms with van der Waals surface area (Å²) in [6.07, 6.45) is 2.41. The minimum Gasteiger partial charge on any atom is -0.353 e. The number of rotatable bonds is 3. The van der Waals surface area contributed by atoms with Gasteiger partial charge in [-0.3, -0.25) is 4.79 Å². The fourth-order valence-corrected chi connectivity index (χ4v) is 4.30. The van der Waals surface area contributed by atoms with Crippen LogP contribution in [0.4, 0.5) is 10.2 Å². The average Bonchev–Trinajstić information content (AvgIpc) is 3.39. The lowest BCUT2D eigenvalue weighted by Crippen LogP contribution is -2.36. The molecule has 1 aliphatic rings. The van der Waals surface area contributed by atoms with Crippen LogP contribution in [0.25, 0.3) is 15.7 Å². The van der Waals surface area contributed by atoms with E-state index < -0.39 is 0 Å². The molecule has 1 saturated heterocycles. The highest BCUT2D eigenvalue weighted by Gasteiger charge is 2.26. The Balaban J connectivity index is 1.28. The molecule has 0 saturated carbocycles. The summed E-state index contributed by atoms with van der Waals surface area (Å²) in [5, 5.41) is 16.1. The molecular weight excluding hydrogens is 367 g/mol. The van der Waals surface area contributed by atoms with Gasteiger partial charge in [0.25, 0.3) is 5.91 Å². The molecule has 1 fully saturated rings. The van der Waals surface area contributed by atoms with Crippen LogP contribution in [-0.4, -0.2) is 44.8 Å². The van der Waals surface area contributed by atoms with Crippen molar-refractivity contribution >= 4 is 38.8 Å². The SMILES string of the molecule is O=C(N[C@@H]1CCN(c2ccc3nncn3n2)C1)c1cc2cc(F)ccc2s1. The lowest BCUT2D eigenvalue weighted by molar-refractivity contribution is 0.0944. The van der Waals surface area contributed by atoms with Crippen LogP contribution in [0.3, 0.4) is 0 Å². The Hall–Kier alpha value is -3.07. The van der Waals surface area contributed by atoms with Crippen LogP contribution < -0.4 is 10.2 Å². The number of carbonyl (C=O) groups excluding carboxylic acids is 1. The van der Waals surface area contributed by atoms with Crippen LogP contribution in [-0.2, 0) is 0 Å². The van der Waals surface area contributed by atoms with Gasteiger partial charge >= 0.3 is 0 Å². The molecule has 1 amide bonds. The van der Waals surface area contributed by atoms with Gasteiger partial charge in [0.15, 0.2) is 5.65 Å². The van der Waals surface area contributed by atoms with Gasteiger partial charge in [0, 0.05) is 23.8 Å². The molecule has 0 radical (unpaired) electrons. The number of benzene rings is 1. The molecule has 1 aromatic carbocycles. The van der Waals surface area contributed by atoms with E-state index in [1.54, 1.807) is 23.0 Å². The molecule has 0 bridgehead atoms. The maximum atomic E-state index is 13.3. The third-order valence-electron chi connectivity index (χ3n) is 4.70. The van der Waals surface area contributed by atoms with Gasteiger partial charge in [0.1, 0.15) is 18.0 Å². The molecule has 9 heteroatoms. The predicted molar refractivity (Wildman–Crippen MR) is 101 cm³/mol. The van der Waals surface area contributed by atoms with Crippen molar-refractivity contribution in [2.24, 2.45) is 0 Å². The number of aromatic nitrogens is 4. The van der Waals surface area contributed by atoms with Crippen LogP contribution >= 0.6 is 11.3 Å². The Morgan fingerprint density at radius 3 is 3.11 bits per heavy atom. The van der Waals surface area contributed by atoms with Gasteiger partial charge in [0.2, 0.25) is 0 Å². The predicted octanol–water partition coefficient (Wildman–Crippen LogP) is 2.49. The Kier molecular flexibility index (Phi) is 3.75. The third-order valence-corrected chi connectivity index (χ3v) is 5.81. The van der Waals surface area contributed by atoms with Crippen molar-refractivity contribution in [2.45, 2.75) is 12.5 Å². The molecule has 1 N–H and O–H groups in total. The van der Waals surface area contributed by atoms with Crippen molar-refractivity contribution in [3.63, 3.8) is 0 Å². The van der Waals surface area contributed by atoms with Gasteiger partial charge in [-0.05, 0) is 48.2 Å². The fourth-order valence-electron chi connectivity index (χ4n) is 3.36. The van der Waals surface area contributed by atoms with Crippen molar-refractivity contribution in [1.82, 2.24) is 25.1 Å². The highest BCUT2D eigenvalue weighted by molar-refractivity contribution is 7.20. The standard InChI is InChI=1S/C18H15FN6OS/c19-12-1-2-14-11(7-12)8-15(27-14)18(26)21-13-5-6-24(9-13)17-4-3-16-22-20-10-25(16)23-17/h1-4,7-8,10,13H,5-6,9H2,(H,21,26)/t13-/m1/s1.